The lowest BCUT2D eigenvalue weighted by atomic mass is 10.2. The molecule has 2 N–H and O–H groups in total. The highest BCUT2D eigenvalue weighted by atomic mass is 32.1. The Morgan fingerprint density at radius 1 is 1.35 bits per heavy atom. The molecule has 6 nitrogen and oxygen atoms in total. The molecule has 2 aromatic rings. The zero-order chi connectivity index (χ0) is 16.2. The number of fused-ring (bicyclic) bond motifs is 1. The van der Waals surface area contributed by atoms with Crippen molar-refractivity contribution in [1.29, 1.82) is 0 Å². The summed E-state index contributed by atoms with van der Waals surface area (Å²) < 4.78 is 5.38. The van der Waals surface area contributed by atoms with Gasteiger partial charge in [0, 0.05) is 24.1 Å². The van der Waals surface area contributed by atoms with Gasteiger partial charge in [-0.15, -0.1) is 0 Å². The molecular formula is C16H17N3O3S. The third-order valence-corrected chi connectivity index (χ3v) is 4.43. The van der Waals surface area contributed by atoms with E-state index in [1.807, 2.05) is 0 Å². The van der Waals surface area contributed by atoms with E-state index >= 15 is 0 Å². The van der Waals surface area contributed by atoms with Crippen LogP contribution < -0.4 is 10.6 Å². The van der Waals surface area contributed by atoms with Gasteiger partial charge in [-0.25, -0.2) is 4.98 Å². The maximum Gasteiger partial charge on any atom is 0.257 e. The highest BCUT2D eigenvalue weighted by Gasteiger charge is 2.17. The van der Waals surface area contributed by atoms with Crippen LogP contribution in [0.5, 0.6) is 0 Å². The fourth-order valence-corrected chi connectivity index (χ4v) is 3.18. The van der Waals surface area contributed by atoms with E-state index in [4.69, 9.17) is 4.74 Å². The number of nitrogens with one attached hydrogen (secondary N) is 2. The van der Waals surface area contributed by atoms with Crippen LogP contribution in [-0.2, 0) is 22.6 Å². The molecule has 1 aliphatic rings. The zero-order valence-corrected chi connectivity index (χ0v) is 13.5. The van der Waals surface area contributed by atoms with Gasteiger partial charge in [-0.05, 0) is 18.2 Å². The molecule has 2 amide bonds. The van der Waals surface area contributed by atoms with Crippen LogP contribution in [0.2, 0.25) is 0 Å². The van der Waals surface area contributed by atoms with Crippen molar-refractivity contribution in [1.82, 2.24) is 4.98 Å². The molecule has 0 aliphatic carbocycles. The number of benzene rings is 1. The van der Waals surface area contributed by atoms with Crippen LogP contribution in [0.4, 0.5) is 10.8 Å². The second kappa shape index (κ2) is 6.89. The molecule has 0 bridgehead atoms. The molecule has 1 aromatic heterocycles. The van der Waals surface area contributed by atoms with E-state index < -0.39 is 0 Å². The number of rotatable bonds is 4. The number of hydrogen-bond donors (Lipinski definition) is 2. The minimum absolute atomic E-state index is 0.0878. The Kier molecular flexibility index (Phi) is 4.68. The molecule has 0 saturated carbocycles. The first kappa shape index (κ1) is 15.6. The molecule has 7 heteroatoms. The molecule has 23 heavy (non-hydrogen) atoms. The summed E-state index contributed by atoms with van der Waals surface area (Å²) in [6.07, 6.45) is 1.17. The number of aromatic nitrogens is 1. The van der Waals surface area contributed by atoms with Crippen molar-refractivity contribution in [3.8, 4) is 0 Å². The summed E-state index contributed by atoms with van der Waals surface area (Å²) in [5.74, 6) is -0.334. The molecule has 1 aromatic carbocycles. The number of amides is 2. The van der Waals surface area contributed by atoms with Gasteiger partial charge in [-0.3, -0.25) is 14.9 Å². The molecule has 0 spiro atoms. The average Bonchev–Trinajstić information content (AvgIpc) is 2.97. The lowest BCUT2D eigenvalue weighted by Crippen LogP contribution is -2.14. The molecule has 0 radical (unpaired) electrons. The van der Waals surface area contributed by atoms with Crippen LogP contribution in [0.15, 0.2) is 24.3 Å². The Bertz CT molecular complexity index is 718. The first-order chi connectivity index (χ1) is 11.2. The van der Waals surface area contributed by atoms with E-state index in [0.29, 0.717) is 36.0 Å². The Labute approximate surface area is 137 Å². The number of ether oxygens (including phenoxy) is 1. The maximum atomic E-state index is 12.3. The molecule has 3 rings (SSSR count). The van der Waals surface area contributed by atoms with Gasteiger partial charge in [-0.1, -0.05) is 24.3 Å². The van der Waals surface area contributed by atoms with Crippen molar-refractivity contribution >= 4 is 34.0 Å². The molecule has 0 fully saturated rings. The van der Waals surface area contributed by atoms with Crippen LogP contribution in [0, 0.1) is 0 Å². The summed E-state index contributed by atoms with van der Waals surface area (Å²) in [4.78, 5) is 29.3. The molecule has 2 heterocycles. The van der Waals surface area contributed by atoms with Gasteiger partial charge < -0.3 is 10.1 Å². The van der Waals surface area contributed by atoms with Crippen LogP contribution in [0.25, 0.3) is 0 Å². The van der Waals surface area contributed by atoms with E-state index in [1.54, 1.807) is 31.2 Å². The molecule has 120 valence electrons. The van der Waals surface area contributed by atoms with Gasteiger partial charge in [0.05, 0.1) is 23.8 Å². The van der Waals surface area contributed by atoms with Crippen molar-refractivity contribution in [3.63, 3.8) is 0 Å². The van der Waals surface area contributed by atoms with Crippen LogP contribution in [0.3, 0.4) is 0 Å². The average molecular weight is 331 g/mol. The minimum atomic E-state index is -0.246. The first-order valence-corrected chi connectivity index (χ1v) is 8.25. The lowest BCUT2D eigenvalue weighted by Gasteiger charge is -2.08. The van der Waals surface area contributed by atoms with E-state index in [1.165, 1.54) is 11.3 Å². The monoisotopic (exact) mass is 331 g/mol. The third-order valence-electron chi connectivity index (χ3n) is 3.44. The fourth-order valence-electron chi connectivity index (χ4n) is 2.24. The Morgan fingerprint density at radius 2 is 2.22 bits per heavy atom. The predicted molar refractivity (Wildman–Crippen MR) is 88.8 cm³/mol. The van der Waals surface area contributed by atoms with E-state index in [9.17, 15) is 9.59 Å². The summed E-state index contributed by atoms with van der Waals surface area (Å²) in [6, 6.07) is 6.85. The predicted octanol–water partition coefficient (Wildman–Crippen LogP) is 2.82. The molecule has 1 aliphatic heterocycles. The summed E-state index contributed by atoms with van der Waals surface area (Å²) >= 11 is 1.44. The number of carbonyl (C=O) groups excluding carboxylic acids is 2. The van der Waals surface area contributed by atoms with Gasteiger partial charge in [0.2, 0.25) is 5.91 Å². The van der Waals surface area contributed by atoms with Gasteiger partial charge in [0.15, 0.2) is 5.13 Å². The largest absolute Gasteiger partial charge is 0.375 e. The molecular weight excluding hydrogens is 314 g/mol. The van der Waals surface area contributed by atoms with Crippen molar-refractivity contribution in [2.24, 2.45) is 0 Å². The van der Waals surface area contributed by atoms with Gasteiger partial charge >= 0.3 is 0 Å². The maximum absolute atomic E-state index is 12.3. The number of anilines is 2. The second-order valence-electron chi connectivity index (χ2n) is 5.13. The van der Waals surface area contributed by atoms with Crippen molar-refractivity contribution in [2.75, 3.05) is 17.2 Å². The minimum Gasteiger partial charge on any atom is -0.375 e. The normalized spacial score (nSPS) is 13.3. The number of nitrogens with zero attached hydrogens (tertiary/aromatic N) is 1. The Hall–Kier alpha value is -2.25. The van der Waals surface area contributed by atoms with Gasteiger partial charge in [0.1, 0.15) is 0 Å². The lowest BCUT2D eigenvalue weighted by molar-refractivity contribution is -0.115. The standard InChI is InChI=1S/C16H17N3O3S/c1-2-14(20)17-11-5-3-4-10(8-11)15(21)19-16-18-12-6-7-22-9-13(12)23-16/h3-5,8H,2,6-7,9H2,1H3,(H,17,20)(H,18,19,21). The third kappa shape index (κ3) is 3.75. The fraction of sp³-hybridized carbons (Fsp3) is 0.312. The van der Waals surface area contributed by atoms with Crippen LogP contribution in [0.1, 0.15) is 34.3 Å². The highest BCUT2D eigenvalue weighted by Crippen LogP contribution is 2.27. The Balaban J connectivity index is 1.71. The summed E-state index contributed by atoms with van der Waals surface area (Å²) in [5.41, 5.74) is 2.08. The second-order valence-corrected chi connectivity index (χ2v) is 6.21. The molecule has 0 unspecified atom stereocenters. The summed E-state index contributed by atoms with van der Waals surface area (Å²) in [5, 5.41) is 6.13. The summed E-state index contributed by atoms with van der Waals surface area (Å²) in [6.45, 7) is 3.00. The quantitative estimate of drug-likeness (QED) is 0.903. The van der Waals surface area contributed by atoms with Crippen molar-refractivity contribution in [3.05, 3.63) is 40.4 Å². The number of hydrogen-bond acceptors (Lipinski definition) is 5. The van der Waals surface area contributed by atoms with Crippen molar-refractivity contribution in [2.45, 2.75) is 26.4 Å². The van der Waals surface area contributed by atoms with E-state index in [0.717, 1.165) is 17.0 Å². The van der Waals surface area contributed by atoms with E-state index in [-0.39, 0.29) is 11.8 Å². The first-order valence-electron chi connectivity index (χ1n) is 7.43. The van der Waals surface area contributed by atoms with Crippen LogP contribution in [-0.4, -0.2) is 23.4 Å². The van der Waals surface area contributed by atoms with Crippen molar-refractivity contribution < 1.29 is 14.3 Å². The smallest absolute Gasteiger partial charge is 0.257 e. The zero-order valence-electron chi connectivity index (χ0n) is 12.7. The molecule has 0 saturated heterocycles. The SMILES string of the molecule is CCC(=O)Nc1cccc(C(=O)Nc2nc3c(s2)COCC3)c1. The van der Waals surface area contributed by atoms with Gasteiger partial charge in [0.25, 0.3) is 5.91 Å². The number of thiazole rings is 1. The topological polar surface area (TPSA) is 80.3 Å². The summed E-state index contributed by atoms with van der Waals surface area (Å²) in [7, 11) is 0. The highest BCUT2D eigenvalue weighted by molar-refractivity contribution is 7.15. The van der Waals surface area contributed by atoms with Gasteiger partial charge in [-0.2, -0.15) is 0 Å². The van der Waals surface area contributed by atoms with Crippen LogP contribution >= 0.6 is 11.3 Å². The number of carbonyl (C=O) groups is 2. The Morgan fingerprint density at radius 3 is 3.00 bits per heavy atom. The molecule has 0 atom stereocenters. The van der Waals surface area contributed by atoms with E-state index in [2.05, 4.69) is 15.6 Å².